The van der Waals surface area contributed by atoms with Crippen molar-refractivity contribution in [3.63, 3.8) is 0 Å². The topological polar surface area (TPSA) is 115 Å². The average molecular weight is 458 g/mol. The first-order valence-corrected chi connectivity index (χ1v) is 11.5. The number of primary amides is 1. The fourth-order valence-corrected chi connectivity index (χ4v) is 4.81. The SMILES string of the molecule is NC(=O)c1c(-c2ccsc2)nc2c(-c3nnc(-c4ccc(N5CCCC5)nc4)o3)cccn12. The van der Waals surface area contributed by atoms with Gasteiger partial charge in [-0.15, -0.1) is 10.2 Å². The first-order valence-electron chi connectivity index (χ1n) is 10.6. The molecule has 0 unspecified atom stereocenters. The zero-order valence-electron chi connectivity index (χ0n) is 17.5. The minimum absolute atomic E-state index is 0.303. The van der Waals surface area contributed by atoms with Crippen LogP contribution in [0, 0.1) is 0 Å². The van der Waals surface area contributed by atoms with Crippen molar-refractivity contribution < 1.29 is 9.21 Å². The molecule has 0 aliphatic carbocycles. The molecule has 33 heavy (non-hydrogen) atoms. The van der Waals surface area contributed by atoms with Crippen LogP contribution in [0.1, 0.15) is 23.3 Å². The fraction of sp³-hybridized carbons (Fsp3) is 0.174. The highest BCUT2D eigenvalue weighted by atomic mass is 32.1. The number of carbonyl (C=O) groups is 1. The molecule has 1 aliphatic heterocycles. The Hall–Kier alpha value is -4.05. The van der Waals surface area contributed by atoms with Gasteiger partial charge in [-0.1, -0.05) is 0 Å². The maximum atomic E-state index is 12.3. The summed E-state index contributed by atoms with van der Waals surface area (Å²) in [5.74, 6) is 1.07. The second-order valence-corrected chi connectivity index (χ2v) is 8.59. The quantitative estimate of drug-likeness (QED) is 0.426. The zero-order chi connectivity index (χ0) is 22.4. The number of aromatic nitrogens is 5. The normalized spacial score (nSPS) is 13.8. The van der Waals surface area contributed by atoms with Crippen molar-refractivity contribution in [3.05, 3.63) is 59.2 Å². The van der Waals surface area contributed by atoms with Crippen LogP contribution in [0.3, 0.4) is 0 Å². The van der Waals surface area contributed by atoms with Crippen LogP contribution < -0.4 is 10.6 Å². The summed E-state index contributed by atoms with van der Waals surface area (Å²) in [7, 11) is 0. The fourth-order valence-electron chi connectivity index (χ4n) is 4.17. The van der Waals surface area contributed by atoms with Crippen molar-refractivity contribution in [2.75, 3.05) is 18.0 Å². The van der Waals surface area contributed by atoms with Gasteiger partial charge in [-0.05, 0) is 48.6 Å². The number of hydrogen-bond acceptors (Lipinski definition) is 8. The van der Waals surface area contributed by atoms with E-state index < -0.39 is 5.91 Å². The van der Waals surface area contributed by atoms with Gasteiger partial charge in [0.05, 0.1) is 11.1 Å². The van der Waals surface area contributed by atoms with Gasteiger partial charge < -0.3 is 15.1 Å². The van der Waals surface area contributed by atoms with Crippen molar-refractivity contribution in [1.29, 1.82) is 0 Å². The van der Waals surface area contributed by atoms with Gasteiger partial charge in [-0.25, -0.2) is 9.97 Å². The first kappa shape index (κ1) is 19.6. The number of anilines is 1. The number of nitrogens with two attached hydrogens (primary N) is 1. The van der Waals surface area contributed by atoms with Gasteiger partial charge in [0.1, 0.15) is 17.2 Å². The molecule has 1 aliphatic rings. The Kier molecular flexibility index (Phi) is 4.65. The molecule has 10 heteroatoms. The number of fused-ring (bicyclic) bond motifs is 1. The van der Waals surface area contributed by atoms with Gasteiger partial charge in [0.15, 0.2) is 5.65 Å². The molecule has 0 radical (unpaired) electrons. The van der Waals surface area contributed by atoms with Crippen LogP contribution in [-0.4, -0.2) is 43.6 Å². The molecular weight excluding hydrogens is 438 g/mol. The number of thiophene rings is 1. The van der Waals surface area contributed by atoms with E-state index in [0.717, 1.165) is 30.0 Å². The predicted molar refractivity (Wildman–Crippen MR) is 125 cm³/mol. The highest BCUT2D eigenvalue weighted by molar-refractivity contribution is 7.08. The summed E-state index contributed by atoms with van der Waals surface area (Å²) in [5.41, 5.74) is 9.24. The molecular formula is C23H19N7O2S. The number of nitrogens with zero attached hydrogens (tertiary/aromatic N) is 6. The Morgan fingerprint density at radius 3 is 2.64 bits per heavy atom. The van der Waals surface area contributed by atoms with Crippen molar-refractivity contribution in [2.45, 2.75) is 12.8 Å². The summed E-state index contributed by atoms with van der Waals surface area (Å²) in [4.78, 5) is 23.8. The lowest BCUT2D eigenvalue weighted by Crippen LogP contribution is -2.18. The molecule has 5 aromatic rings. The van der Waals surface area contributed by atoms with Crippen LogP contribution >= 0.6 is 11.3 Å². The average Bonchev–Trinajstić information content (AvgIpc) is 3.63. The lowest BCUT2D eigenvalue weighted by Gasteiger charge is -2.15. The summed E-state index contributed by atoms with van der Waals surface area (Å²) in [6.45, 7) is 2.07. The van der Waals surface area contributed by atoms with E-state index in [9.17, 15) is 4.79 Å². The van der Waals surface area contributed by atoms with E-state index >= 15 is 0 Å². The van der Waals surface area contributed by atoms with E-state index in [0.29, 0.717) is 34.4 Å². The Bertz CT molecular complexity index is 1450. The molecule has 0 bridgehead atoms. The molecule has 1 saturated heterocycles. The van der Waals surface area contributed by atoms with Crippen molar-refractivity contribution in [2.24, 2.45) is 5.73 Å². The van der Waals surface area contributed by atoms with Crippen molar-refractivity contribution in [3.8, 4) is 34.2 Å². The number of imidazole rings is 1. The lowest BCUT2D eigenvalue weighted by molar-refractivity contribution is 0.0995. The molecule has 2 N–H and O–H groups in total. The van der Waals surface area contributed by atoms with Gasteiger partial charge in [0.25, 0.3) is 11.8 Å². The van der Waals surface area contributed by atoms with E-state index in [2.05, 4.69) is 20.1 Å². The highest BCUT2D eigenvalue weighted by Crippen LogP contribution is 2.32. The summed E-state index contributed by atoms with van der Waals surface area (Å²) < 4.78 is 7.65. The number of hydrogen-bond donors (Lipinski definition) is 1. The van der Waals surface area contributed by atoms with Crippen LogP contribution in [0.5, 0.6) is 0 Å². The van der Waals surface area contributed by atoms with Crippen LogP contribution in [0.4, 0.5) is 5.82 Å². The zero-order valence-corrected chi connectivity index (χ0v) is 18.3. The third-order valence-electron chi connectivity index (χ3n) is 5.76. The summed E-state index contributed by atoms with van der Waals surface area (Å²) >= 11 is 1.52. The maximum absolute atomic E-state index is 12.3. The molecule has 0 aromatic carbocycles. The molecule has 0 atom stereocenters. The van der Waals surface area contributed by atoms with E-state index in [1.807, 2.05) is 35.0 Å². The monoisotopic (exact) mass is 457 g/mol. The Balaban J connectivity index is 1.40. The van der Waals surface area contributed by atoms with Gasteiger partial charge >= 0.3 is 0 Å². The van der Waals surface area contributed by atoms with Gasteiger partial charge in [0.2, 0.25) is 5.89 Å². The number of amides is 1. The predicted octanol–water partition coefficient (Wildman–Crippen LogP) is 3.87. The molecule has 6 heterocycles. The first-order chi connectivity index (χ1) is 16.2. The van der Waals surface area contributed by atoms with Crippen molar-refractivity contribution >= 4 is 28.7 Å². The van der Waals surface area contributed by atoms with E-state index in [4.69, 9.17) is 15.1 Å². The molecule has 164 valence electrons. The number of rotatable bonds is 5. The maximum Gasteiger partial charge on any atom is 0.268 e. The Morgan fingerprint density at radius 1 is 1.06 bits per heavy atom. The van der Waals surface area contributed by atoms with E-state index in [1.165, 1.54) is 24.2 Å². The number of carbonyl (C=O) groups excluding carboxylic acids is 1. The second-order valence-electron chi connectivity index (χ2n) is 7.81. The highest BCUT2D eigenvalue weighted by Gasteiger charge is 2.23. The minimum Gasteiger partial charge on any atom is -0.416 e. The van der Waals surface area contributed by atoms with E-state index in [1.54, 1.807) is 22.9 Å². The lowest BCUT2D eigenvalue weighted by atomic mass is 10.2. The molecule has 0 spiro atoms. The molecule has 1 amide bonds. The molecule has 9 nitrogen and oxygen atoms in total. The number of pyridine rings is 2. The molecule has 0 saturated carbocycles. The van der Waals surface area contributed by atoms with Crippen LogP contribution in [0.15, 0.2) is 57.9 Å². The largest absolute Gasteiger partial charge is 0.416 e. The van der Waals surface area contributed by atoms with E-state index in [-0.39, 0.29) is 0 Å². The third kappa shape index (κ3) is 3.35. The molecule has 5 aromatic heterocycles. The van der Waals surface area contributed by atoms with Crippen LogP contribution in [0.2, 0.25) is 0 Å². The Morgan fingerprint density at radius 2 is 1.91 bits per heavy atom. The standard InChI is InChI=1S/C23H19N7O2S/c24-20(31)19-18(15-7-11-33-13-15)26-21-16(4-3-10-30(19)21)23-28-27-22(32-23)14-5-6-17(25-12-14)29-8-1-2-9-29/h3-7,10-13H,1-2,8-9H2,(H2,24,31). The summed E-state index contributed by atoms with van der Waals surface area (Å²) in [6, 6.07) is 9.45. The van der Waals surface area contributed by atoms with Crippen LogP contribution in [0.25, 0.3) is 39.8 Å². The van der Waals surface area contributed by atoms with Crippen LogP contribution in [-0.2, 0) is 0 Å². The second kappa shape index (κ2) is 7.82. The van der Waals surface area contributed by atoms with Gasteiger partial charge in [0, 0.05) is 36.4 Å². The third-order valence-corrected chi connectivity index (χ3v) is 6.44. The summed E-state index contributed by atoms with van der Waals surface area (Å²) in [5, 5.41) is 12.3. The van der Waals surface area contributed by atoms with Crippen molar-refractivity contribution in [1.82, 2.24) is 24.6 Å². The summed E-state index contributed by atoms with van der Waals surface area (Å²) in [6.07, 6.45) is 5.89. The molecule has 1 fully saturated rings. The Labute approximate surface area is 192 Å². The van der Waals surface area contributed by atoms with Gasteiger partial charge in [-0.3, -0.25) is 9.20 Å². The minimum atomic E-state index is -0.559. The molecule has 6 rings (SSSR count). The van der Waals surface area contributed by atoms with Gasteiger partial charge in [-0.2, -0.15) is 11.3 Å². The smallest absolute Gasteiger partial charge is 0.268 e.